The fourth-order valence-electron chi connectivity index (χ4n) is 2.27. The Bertz CT molecular complexity index is 547. The number of carboxylic acid groups (broad SMARTS) is 1. The van der Waals surface area contributed by atoms with Crippen molar-refractivity contribution in [2.24, 2.45) is 5.92 Å². The van der Waals surface area contributed by atoms with Crippen LogP contribution < -0.4 is 4.90 Å². The number of anilines is 1. The van der Waals surface area contributed by atoms with Crippen molar-refractivity contribution >= 4 is 45.1 Å². The lowest BCUT2D eigenvalue weighted by molar-refractivity contribution is -0.117. The molecule has 2 rings (SSSR count). The van der Waals surface area contributed by atoms with Crippen LogP contribution in [-0.4, -0.2) is 29.4 Å². The van der Waals surface area contributed by atoms with Gasteiger partial charge in [-0.25, -0.2) is 4.79 Å². The summed E-state index contributed by atoms with van der Waals surface area (Å²) in [6.07, 6.45) is 0.364. The Labute approximate surface area is 124 Å². The quantitative estimate of drug-likeness (QED) is 0.856. The number of aryl methyl sites for hydroxylation is 1. The third-order valence-electron chi connectivity index (χ3n) is 3.13. The second kappa shape index (κ2) is 5.51. The molecule has 1 amide bonds. The highest BCUT2D eigenvalue weighted by atomic mass is 79.9. The van der Waals surface area contributed by atoms with E-state index in [0.717, 1.165) is 5.56 Å². The summed E-state index contributed by atoms with van der Waals surface area (Å²) < 4.78 is 0.619. The van der Waals surface area contributed by atoms with Crippen LogP contribution >= 0.6 is 27.5 Å². The van der Waals surface area contributed by atoms with Gasteiger partial charge >= 0.3 is 5.97 Å². The Balaban J connectivity index is 2.50. The lowest BCUT2D eigenvalue weighted by Crippen LogP contribution is -2.27. The predicted molar refractivity (Wildman–Crippen MR) is 77.0 cm³/mol. The first-order valence-electron chi connectivity index (χ1n) is 5.83. The Morgan fingerprint density at radius 1 is 1.58 bits per heavy atom. The minimum Gasteiger partial charge on any atom is -0.478 e. The lowest BCUT2D eigenvalue weighted by atomic mass is 10.1. The van der Waals surface area contributed by atoms with E-state index in [-0.39, 0.29) is 17.4 Å². The van der Waals surface area contributed by atoms with Crippen molar-refractivity contribution in [2.45, 2.75) is 13.3 Å². The van der Waals surface area contributed by atoms with Gasteiger partial charge in [-0.2, -0.15) is 0 Å². The Kier molecular flexibility index (Phi) is 4.16. The van der Waals surface area contributed by atoms with E-state index in [9.17, 15) is 14.7 Å². The van der Waals surface area contributed by atoms with Crippen molar-refractivity contribution < 1.29 is 14.7 Å². The van der Waals surface area contributed by atoms with Gasteiger partial charge in [-0.15, -0.1) is 11.6 Å². The first-order chi connectivity index (χ1) is 8.93. The number of alkyl halides is 1. The summed E-state index contributed by atoms with van der Waals surface area (Å²) in [6, 6.07) is 3.38. The second-order valence-electron chi connectivity index (χ2n) is 4.68. The van der Waals surface area contributed by atoms with Gasteiger partial charge in [-0.3, -0.25) is 4.79 Å². The minimum atomic E-state index is -1.04. The summed E-state index contributed by atoms with van der Waals surface area (Å²) in [7, 11) is 0. The van der Waals surface area contributed by atoms with Gasteiger partial charge in [0, 0.05) is 23.3 Å². The molecule has 1 saturated heterocycles. The van der Waals surface area contributed by atoms with Gasteiger partial charge in [0.25, 0.3) is 0 Å². The third-order valence-corrected chi connectivity index (χ3v) is 4.17. The van der Waals surface area contributed by atoms with Gasteiger partial charge in [0.05, 0.1) is 11.3 Å². The van der Waals surface area contributed by atoms with Gasteiger partial charge in [0.15, 0.2) is 0 Å². The van der Waals surface area contributed by atoms with Crippen LogP contribution in [0.1, 0.15) is 22.3 Å². The molecular weight excluding hydrogens is 334 g/mol. The number of rotatable bonds is 3. The number of hydrogen-bond donors (Lipinski definition) is 1. The molecule has 0 saturated carbocycles. The van der Waals surface area contributed by atoms with Crippen molar-refractivity contribution in [3.8, 4) is 0 Å². The molecule has 1 N–H and O–H groups in total. The van der Waals surface area contributed by atoms with Crippen molar-refractivity contribution in [2.75, 3.05) is 17.3 Å². The molecule has 102 valence electrons. The molecule has 0 radical (unpaired) electrons. The predicted octanol–water partition coefficient (Wildman–Crippen LogP) is 3.05. The van der Waals surface area contributed by atoms with Crippen LogP contribution in [0.5, 0.6) is 0 Å². The molecule has 1 aliphatic heterocycles. The van der Waals surface area contributed by atoms with Crippen molar-refractivity contribution in [3.63, 3.8) is 0 Å². The van der Waals surface area contributed by atoms with Crippen molar-refractivity contribution in [3.05, 3.63) is 27.7 Å². The molecule has 4 nitrogen and oxygen atoms in total. The SMILES string of the molecule is Cc1cc(Br)c(N2CC(CCl)CC2=O)c(C(=O)O)c1. The van der Waals surface area contributed by atoms with Crippen LogP contribution in [0.3, 0.4) is 0 Å². The normalized spacial score (nSPS) is 19.0. The number of amides is 1. The molecule has 0 spiro atoms. The number of carbonyl (C=O) groups is 2. The van der Waals surface area contributed by atoms with E-state index >= 15 is 0 Å². The van der Waals surface area contributed by atoms with Crippen LogP contribution in [0.25, 0.3) is 0 Å². The van der Waals surface area contributed by atoms with E-state index in [1.807, 2.05) is 13.0 Å². The molecule has 1 aromatic carbocycles. The van der Waals surface area contributed by atoms with Gasteiger partial charge in [0.2, 0.25) is 5.91 Å². The van der Waals surface area contributed by atoms with E-state index in [0.29, 0.717) is 29.0 Å². The molecule has 0 bridgehead atoms. The van der Waals surface area contributed by atoms with Gasteiger partial charge < -0.3 is 10.0 Å². The Morgan fingerprint density at radius 2 is 2.26 bits per heavy atom. The highest BCUT2D eigenvalue weighted by Gasteiger charge is 2.33. The highest BCUT2D eigenvalue weighted by Crippen LogP contribution is 2.36. The van der Waals surface area contributed by atoms with Crippen LogP contribution in [0.15, 0.2) is 16.6 Å². The number of benzene rings is 1. The molecule has 1 heterocycles. The Morgan fingerprint density at radius 3 is 2.79 bits per heavy atom. The molecule has 0 aliphatic carbocycles. The van der Waals surface area contributed by atoms with E-state index in [1.54, 1.807) is 6.07 Å². The monoisotopic (exact) mass is 345 g/mol. The van der Waals surface area contributed by atoms with Gasteiger partial charge in [-0.05, 0) is 46.5 Å². The maximum absolute atomic E-state index is 12.0. The highest BCUT2D eigenvalue weighted by molar-refractivity contribution is 9.10. The summed E-state index contributed by atoms with van der Waals surface area (Å²) in [6.45, 7) is 2.28. The van der Waals surface area contributed by atoms with Crippen molar-refractivity contribution in [1.29, 1.82) is 0 Å². The van der Waals surface area contributed by atoms with E-state index < -0.39 is 5.97 Å². The molecular formula is C13H13BrClNO3. The standard InChI is InChI=1S/C13H13BrClNO3/c1-7-2-9(13(18)19)12(10(14)3-7)16-6-8(5-15)4-11(16)17/h2-3,8H,4-6H2,1H3,(H,18,19). The molecule has 1 aliphatic rings. The van der Waals surface area contributed by atoms with Crippen LogP contribution in [-0.2, 0) is 4.79 Å². The average molecular weight is 347 g/mol. The first kappa shape index (κ1) is 14.3. The third kappa shape index (κ3) is 2.77. The van der Waals surface area contributed by atoms with E-state index in [2.05, 4.69) is 15.9 Å². The summed E-state index contributed by atoms with van der Waals surface area (Å²) in [5.74, 6) is -0.656. The van der Waals surface area contributed by atoms with Gasteiger partial charge in [-0.1, -0.05) is 0 Å². The maximum atomic E-state index is 12.0. The van der Waals surface area contributed by atoms with Crippen LogP contribution in [0.4, 0.5) is 5.69 Å². The van der Waals surface area contributed by atoms with E-state index in [1.165, 1.54) is 4.90 Å². The van der Waals surface area contributed by atoms with E-state index in [4.69, 9.17) is 11.6 Å². The number of carbonyl (C=O) groups excluding carboxylic acids is 1. The largest absolute Gasteiger partial charge is 0.478 e. The minimum absolute atomic E-state index is 0.0732. The zero-order valence-electron chi connectivity index (χ0n) is 10.3. The fourth-order valence-corrected chi connectivity index (χ4v) is 3.27. The average Bonchev–Trinajstić information content (AvgIpc) is 2.69. The van der Waals surface area contributed by atoms with Gasteiger partial charge in [0.1, 0.15) is 0 Å². The summed E-state index contributed by atoms with van der Waals surface area (Å²) in [5.41, 5.74) is 1.39. The molecule has 1 unspecified atom stereocenters. The first-order valence-corrected chi connectivity index (χ1v) is 7.16. The second-order valence-corrected chi connectivity index (χ2v) is 5.84. The lowest BCUT2D eigenvalue weighted by Gasteiger charge is -2.21. The molecule has 1 atom stereocenters. The van der Waals surface area contributed by atoms with Crippen LogP contribution in [0.2, 0.25) is 0 Å². The number of aromatic carboxylic acids is 1. The zero-order valence-corrected chi connectivity index (χ0v) is 12.7. The number of halogens is 2. The summed E-state index contributed by atoms with van der Waals surface area (Å²) >= 11 is 9.14. The molecule has 6 heteroatoms. The molecule has 19 heavy (non-hydrogen) atoms. The Hall–Kier alpha value is -1.07. The molecule has 1 aromatic rings. The fraction of sp³-hybridized carbons (Fsp3) is 0.385. The molecule has 0 aromatic heterocycles. The summed E-state index contributed by atoms with van der Waals surface area (Å²) in [4.78, 5) is 24.9. The maximum Gasteiger partial charge on any atom is 0.337 e. The zero-order chi connectivity index (χ0) is 14.2. The smallest absolute Gasteiger partial charge is 0.337 e. The topological polar surface area (TPSA) is 57.6 Å². The number of nitrogens with zero attached hydrogens (tertiary/aromatic N) is 1. The number of carboxylic acids is 1. The summed E-state index contributed by atoms with van der Waals surface area (Å²) in [5, 5.41) is 9.30. The number of hydrogen-bond acceptors (Lipinski definition) is 2. The van der Waals surface area contributed by atoms with Crippen LogP contribution in [0, 0.1) is 12.8 Å². The molecule has 1 fully saturated rings. The van der Waals surface area contributed by atoms with Crippen molar-refractivity contribution in [1.82, 2.24) is 0 Å².